The zero-order valence-electron chi connectivity index (χ0n) is 16.0. The van der Waals surface area contributed by atoms with E-state index in [0.29, 0.717) is 18.7 Å². The van der Waals surface area contributed by atoms with Crippen molar-refractivity contribution in [3.8, 4) is 10.4 Å². The summed E-state index contributed by atoms with van der Waals surface area (Å²) in [6, 6.07) is 0.0514. The minimum absolute atomic E-state index is 0.0514. The van der Waals surface area contributed by atoms with Crippen molar-refractivity contribution >= 4 is 22.1 Å². The van der Waals surface area contributed by atoms with E-state index < -0.39 is 0 Å². The Morgan fingerprint density at radius 2 is 2.21 bits per heavy atom. The van der Waals surface area contributed by atoms with Crippen LogP contribution in [-0.2, 0) is 11.3 Å². The predicted molar refractivity (Wildman–Crippen MR) is 108 cm³/mol. The molecule has 0 aliphatic carbocycles. The number of carbonyl (C=O) groups excluding carboxylic acids is 1. The lowest BCUT2D eigenvalue weighted by Gasteiger charge is -2.21. The highest BCUT2D eigenvalue weighted by Crippen LogP contribution is 2.30. The Morgan fingerprint density at radius 1 is 1.36 bits per heavy atom. The number of hydrogen-bond acceptors (Lipinski definition) is 6. The van der Waals surface area contributed by atoms with Crippen molar-refractivity contribution < 1.29 is 9.53 Å². The molecule has 0 fully saturated rings. The molecule has 9 heteroatoms. The van der Waals surface area contributed by atoms with Crippen LogP contribution in [0.5, 0.6) is 0 Å². The van der Waals surface area contributed by atoms with Gasteiger partial charge in [0.2, 0.25) is 0 Å². The second-order valence-corrected chi connectivity index (χ2v) is 7.75. The third kappa shape index (κ3) is 3.58. The van der Waals surface area contributed by atoms with Crippen LogP contribution in [0.2, 0.25) is 0 Å². The maximum Gasteiger partial charge on any atom is 0.260 e. The molecule has 2 N–H and O–H groups in total. The van der Waals surface area contributed by atoms with E-state index in [9.17, 15) is 4.79 Å². The molecule has 0 aromatic carbocycles. The number of carbonyl (C=O) groups is 1. The van der Waals surface area contributed by atoms with Crippen molar-refractivity contribution in [2.75, 3.05) is 13.7 Å². The van der Waals surface area contributed by atoms with E-state index >= 15 is 0 Å². The number of dihydropyridines is 1. The molecule has 1 aliphatic rings. The van der Waals surface area contributed by atoms with Crippen LogP contribution in [0.15, 0.2) is 48.3 Å². The van der Waals surface area contributed by atoms with Crippen molar-refractivity contribution in [1.82, 2.24) is 30.0 Å². The molecule has 4 rings (SSSR count). The number of ether oxygens (including phenoxy) is 1. The first-order valence-electron chi connectivity index (χ1n) is 9.00. The molecule has 1 unspecified atom stereocenters. The lowest BCUT2D eigenvalue weighted by Crippen LogP contribution is -2.36. The Balaban J connectivity index is 1.57. The van der Waals surface area contributed by atoms with Gasteiger partial charge in [-0.1, -0.05) is 0 Å². The summed E-state index contributed by atoms with van der Waals surface area (Å²) in [5.41, 5.74) is 3.47. The summed E-state index contributed by atoms with van der Waals surface area (Å²) in [6.07, 6.45) is 11.2. The van der Waals surface area contributed by atoms with Gasteiger partial charge in [0.05, 0.1) is 42.0 Å². The standard InChI is InChI=1S/C19H22N6O2S/c1-12-6-16(13(2)20-7-12)23-18(26)15-9-22-25-11-17(28-19(15)25)14-8-21-24(10-14)4-5-27-3/h6-11,13,20H,4-5H2,1-3H3,(H,23,26). The topological polar surface area (TPSA) is 85.5 Å². The molecular formula is C19H22N6O2S. The summed E-state index contributed by atoms with van der Waals surface area (Å²) in [5, 5.41) is 14.9. The Morgan fingerprint density at radius 3 is 3.04 bits per heavy atom. The number of rotatable bonds is 6. The molecule has 1 amide bonds. The van der Waals surface area contributed by atoms with Crippen molar-refractivity contribution in [3.63, 3.8) is 0 Å². The average Bonchev–Trinajstić information content (AvgIpc) is 3.37. The highest BCUT2D eigenvalue weighted by atomic mass is 32.1. The number of allylic oxidation sites excluding steroid dienone is 2. The van der Waals surface area contributed by atoms with Crippen molar-refractivity contribution in [1.29, 1.82) is 0 Å². The Hall–Kier alpha value is -2.91. The average molecular weight is 398 g/mol. The minimum atomic E-state index is -0.159. The molecule has 3 aromatic rings. The van der Waals surface area contributed by atoms with Crippen molar-refractivity contribution in [3.05, 3.63) is 53.9 Å². The maximum absolute atomic E-state index is 12.8. The normalized spacial score (nSPS) is 16.6. The molecule has 4 heterocycles. The van der Waals surface area contributed by atoms with Gasteiger partial charge in [0.1, 0.15) is 4.83 Å². The third-order valence-electron chi connectivity index (χ3n) is 4.55. The molecule has 0 radical (unpaired) electrons. The van der Waals surface area contributed by atoms with Gasteiger partial charge < -0.3 is 15.4 Å². The highest BCUT2D eigenvalue weighted by Gasteiger charge is 2.20. The second kappa shape index (κ2) is 7.61. The SMILES string of the molecule is COCCn1cc(-c2cn3ncc(C(=O)NC4=CC(C)=CNC4C)c3s2)cn1. The lowest BCUT2D eigenvalue weighted by atomic mass is 10.1. The van der Waals surface area contributed by atoms with Crippen LogP contribution < -0.4 is 10.6 Å². The molecule has 1 aliphatic heterocycles. The Labute approximate surface area is 166 Å². The number of thiazole rings is 1. The van der Waals surface area contributed by atoms with Crippen LogP contribution in [0.1, 0.15) is 24.2 Å². The maximum atomic E-state index is 12.8. The van der Waals surface area contributed by atoms with Crippen LogP contribution in [0.4, 0.5) is 0 Å². The van der Waals surface area contributed by atoms with Crippen molar-refractivity contribution in [2.24, 2.45) is 0 Å². The molecular weight excluding hydrogens is 376 g/mol. The molecule has 0 spiro atoms. The van der Waals surface area contributed by atoms with Gasteiger partial charge in [-0.2, -0.15) is 10.2 Å². The van der Waals surface area contributed by atoms with E-state index in [1.807, 2.05) is 49.4 Å². The molecule has 1 atom stereocenters. The zero-order valence-corrected chi connectivity index (χ0v) is 16.8. The van der Waals surface area contributed by atoms with Gasteiger partial charge in [0, 0.05) is 30.8 Å². The molecule has 0 saturated carbocycles. The first-order valence-corrected chi connectivity index (χ1v) is 9.81. The molecule has 146 valence electrons. The molecule has 0 bridgehead atoms. The van der Waals surface area contributed by atoms with Crippen LogP contribution in [0, 0.1) is 0 Å². The number of nitrogens with one attached hydrogen (secondary N) is 2. The lowest BCUT2D eigenvalue weighted by molar-refractivity contribution is 0.0965. The van der Waals surface area contributed by atoms with E-state index in [2.05, 4.69) is 20.8 Å². The summed E-state index contributed by atoms with van der Waals surface area (Å²) in [6.45, 7) is 5.30. The fourth-order valence-corrected chi connectivity index (χ4v) is 4.01. The van der Waals surface area contributed by atoms with Crippen molar-refractivity contribution in [2.45, 2.75) is 26.4 Å². The van der Waals surface area contributed by atoms with Gasteiger partial charge in [0.15, 0.2) is 0 Å². The Kier molecular flexibility index (Phi) is 5.01. The quantitative estimate of drug-likeness (QED) is 0.666. The van der Waals surface area contributed by atoms with E-state index in [4.69, 9.17) is 4.74 Å². The summed E-state index contributed by atoms with van der Waals surface area (Å²) < 4.78 is 8.67. The van der Waals surface area contributed by atoms with Gasteiger partial charge in [-0.15, -0.1) is 11.3 Å². The number of nitrogens with zero attached hydrogens (tertiary/aromatic N) is 4. The Bertz CT molecular complexity index is 1070. The van der Waals surface area contributed by atoms with Gasteiger partial charge in [0.25, 0.3) is 5.91 Å². The number of fused-ring (bicyclic) bond motifs is 1. The molecule has 28 heavy (non-hydrogen) atoms. The minimum Gasteiger partial charge on any atom is -0.383 e. The fourth-order valence-electron chi connectivity index (χ4n) is 2.97. The largest absolute Gasteiger partial charge is 0.383 e. The number of hydrogen-bond donors (Lipinski definition) is 2. The molecule has 8 nitrogen and oxygen atoms in total. The number of aromatic nitrogens is 4. The fraction of sp³-hybridized carbons (Fsp3) is 0.316. The van der Waals surface area contributed by atoms with Gasteiger partial charge in [-0.25, -0.2) is 4.52 Å². The van der Waals surface area contributed by atoms with Gasteiger partial charge in [-0.05, 0) is 31.7 Å². The van der Waals surface area contributed by atoms with E-state index in [0.717, 1.165) is 26.5 Å². The summed E-state index contributed by atoms with van der Waals surface area (Å²) in [7, 11) is 1.67. The highest BCUT2D eigenvalue weighted by molar-refractivity contribution is 7.21. The van der Waals surface area contributed by atoms with Gasteiger partial charge >= 0.3 is 0 Å². The summed E-state index contributed by atoms with van der Waals surface area (Å²) in [4.78, 5) is 14.6. The van der Waals surface area contributed by atoms with Crippen LogP contribution in [0.25, 0.3) is 15.3 Å². The number of methoxy groups -OCH3 is 1. The summed E-state index contributed by atoms with van der Waals surface area (Å²) >= 11 is 1.52. The first kappa shape index (κ1) is 18.5. The van der Waals surface area contributed by atoms with Gasteiger partial charge in [-0.3, -0.25) is 9.48 Å². The monoisotopic (exact) mass is 398 g/mol. The zero-order chi connectivity index (χ0) is 19.7. The van der Waals surface area contributed by atoms with E-state index in [-0.39, 0.29) is 11.9 Å². The predicted octanol–water partition coefficient (Wildman–Crippen LogP) is 2.41. The smallest absolute Gasteiger partial charge is 0.260 e. The number of amides is 1. The second-order valence-electron chi connectivity index (χ2n) is 6.72. The molecule has 3 aromatic heterocycles. The molecule has 0 saturated heterocycles. The van der Waals surface area contributed by atoms with E-state index in [1.54, 1.807) is 17.8 Å². The van der Waals surface area contributed by atoms with Crippen LogP contribution in [0.3, 0.4) is 0 Å². The van der Waals surface area contributed by atoms with Crippen LogP contribution >= 0.6 is 11.3 Å². The first-order chi connectivity index (χ1) is 13.5. The summed E-state index contributed by atoms with van der Waals surface area (Å²) in [5.74, 6) is -0.159. The van der Waals surface area contributed by atoms with E-state index in [1.165, 1.54) is 11.3 Å². The third-order valence-corrected chi connectivity index (χ3v) is 5.71. The van der Waals surface area contributed by atoms with Crippen LogP contribution in [-0.4, -0.2) is 45.1 Å².